The first kappa shape index (κ1) is 20.6. The number of nitrogens with two attached hydrogens (primary N) is 1. The number of carbonyl (C=O) groups excluding carboxylic acids is 3. The fourth-order valence-electron chi connectivity index (χ4n) is 2.05. The van der Waals surface area contributed by atoms with E-state index in [1.807, 2.05) is 13.8 Å². The lowest BCUT2D eigenvalue weighted by Gasteiger charge is -2.18. The molecule has 0 heterocycles. The van der Waals surface area contributed by atoms with Crippen molar-refractivity contribution in [2.75, 3.05) is 11.9 Å². The molecule has 0 saturated carbocycles. The molecule has 25 heavy (non-hydrogen) atoms. The van der Waals surface area contributed by atoms with Crippen molar-refractivity contribution in [1.82, 2.24) is 5.32 Å². The average molecular weight is 349 g/mol. The minimum Gasteiger partial charge on any atom is -0.464 e. The van der Waals surface area contributed by atoms with Crippen LogP contribution >= 0.6 is 0 Å². The second-order valence-corrected chi connectivity index (χ2v) is 5.93. The minimum absolute atomic E-state index is 0.0782. The highest BCUT2D eigenvalue weighted by Crippen LogP contribution is 2.12. The van der Waals surface area contributed by atoms with Crippen molar-refractivity contribution in [3.63, 3.8) is 0 Å². The molecular weight excluding hydrogens is 322 g/mol. The van der Waals surface area contributed by atoms with Crippen LogP contribution in [0.15, 0.2) is 24.3 Å². The van der Waals surface area contributed by atoms with Gasteiger partial charge in [-0.2, -0.15) is 0 Å². The highest BCUT2D eigenvalue weighted by Gasteiger charge is 2.20. The van der Waals surface area contributed by atoms with E-state index in [2.05, 4.69) is 10.6 Å². The van der Waals surface area contributed by atoms with Crippen molar-refractivity contribution in [3.05, 3.63) is 29.8 Å². The van der Waals surface area contributed by atoms with Crippen LogP contribution in [0.2, 0.25) is 0 Å². The number of ether oxygens (including phenoxy) is 1. The summed E-state index contributed by atoms with van der Waals surface area (Å²) in [6.07, 6.45) is 0.812. The lowest BCUT2D eigenvalue weighted by atomic mass is 9.99. The molecule has 1 aromatic carbocycles. The Bertz CT molecular complexity index is 601. The van der Waals surface area contributed by atoms with Crippen LogP contribution in [-0.4, -0.2) is 36.5 Å². The van der Waals surface area contributed by atoms with Crippen LogP contribution in [0, 0.1) is 5.92 Å². The molecule has 7 heteroatoms. The molecule has 1 aromatic rings. The topological polar surface area (TPSA) is 111 Å². The molecule has 2 amide bonds. The maximum absolute atomic E-state index is 12.1. The molecule has 0 spiro atoms. The number of hydrogen-bond acceptors (Lipinski definition) is 5. The number of carbonyl (C=O) groups is 3. The first-order valence-corrected chi connectivity index (χ1v) is 8.44. The lowest BCUT2D eigenvalue weighted by molar-refractivity contribution is -0.144. The fourth-order valence-corrected chi connectivity index (χ4v) is 2.05. The van der Waals surface area contributed by atoms with Gasteiger partial charge in [-0.1, -0.05) is 20.3 Å². The molecule has 4 N–H and O–H groups in total. The Kier molecular flexibility index (Phi) is 8.07. The van der Waals surface area contributed by atoms with E-state index in [1.165, 1.54) is 0 Å². The summed E-state index contributed by atoms with van der Waals surface area (Å²) in [7, 11) is 0. The summed E-state index contributed by atoms with van der Waals surface area (Å²) in [6, 6.07) is 5.05. The second-order valence-electron chi connectivity index (χ2n) is 5.93. The maximum Gasteiger partial charge on any atom is 0.328 e. The number of hydrogen-bond donors (Lipinski definition) is 3. The summed E-state index contributed by atoms with van der Waals surface area (Å²) < 4.78 is 4.84. The average Bonchev–Trinajstić information content (AvgIpc) is 2.60. The SMILES string of the molecule is CCOC(=O)C(C)NC(=O)c1ccc(NC(=O)C(N)C(C)CC)cc1. The molecule has 3 atom stereocenters. The molecule has 0 radical (unpaired) electrons. The van der Waals surface area contributed by atoms with Crippen molar-refractivity contribution in [2.45, 2.75) is 46.2 Å². The zero-order chi connectivity index (χ0) is 19.0. The second kappa shape index (κ2) is 9.78. The van der Waals surface area contributed by atoms with Crippen molar-refractivity contribution in [2.24, 2.45) is 11.7 Å². The molecule has 0 aliphatic heterocycles. The van der Waals surface area contributed by atoms with Crippen LogP contribution in [0.4, 0.5) is 5.69 Å². The zero-order valence-electron chi connectivity index (χ0n) is 15.2. The normalized spacial score (nSPS) is 14.1. The highest BCUT2D eigenvalue weighted by atomic mass is 16.5. The van der Waals surface area contributed by atoms with Gasteiger partial charge >= 0.3 is 5.97 Å². The Morgan fingerprint density at radius 3 is 2.24 bits per heavy atom. The zero-order valence-corrected chi connectivity index (χ0v) is 15.2. The van der Waals surface area contributed by atoms with Gasteiger partial charge in [-0.05, 0) is 44.0 Å². The summed E-state index contributed by atoms with van der Waals surface area (Å²) in [5.41, 5.74) is 6.81. The molecular formula is C18H27N3O4. The third kappa shape index (κ3) is 6.19. The van der Waals surface area contributed by atoms with E-state index >= 15 is 0 Å². The Morgan fingerprint density at radius 1 is 1.12 bits per heavy atom. The van der Waals surface area contributed by atoms with Gasteiger partial charge in [0, 0.05) is 11.3 Å². The lowest BCUT2D eigenvalue weighted by Crippen LogP contribution is -2.40. The van der Waals surface area contributed by atoms with E-state index in [-0.39, 0.29) is 18.4 Å². The molecule has 0 fully saturated rings. The van der Waals surface area contributed by atoms with Gasteiger partial charge in [0.1, 0.15) is 6.04 Å². The van der Waals surface area contributed by atoms with E-state index in [0.717, 1.165) is 6.42 Å². The number of benzene rings is 1. The van der Waals surface area contributed by atoms with Crippen molar-refractivity contribution in [3.8, 4) is 0 Å². The van der Waals surface area contributed by atoms with E-state index in [9.17, 15) is 14.4 Å². The molecule has 7 nitrogen and oxygen atoms in total. The molecule has 1 rings (SSSR count). The van der Waals surface area contributed by atoms with E-state index < -0.39 is 24.0 Å². The molecule has 3 unspecified atom stereocenters. The van der Waals surface area contributed by atoms with Crippen LogP contribution in [0.3, 0.4) is 0 Å². The number of amides is 2. The molecule has 0 aliphatic carbocycles. The molecule has 0 aromatic heterocycles. The summed E-state index contributed by atoms with van der Waals surface area (Å²) in [5.74, 6) is -1.06. The first-order valence-electron chi connectivity index (χ1n) is 8.44. The van der Waals surface area contributed by atoms with Crippen LogP contribution in [0.1, 0.15) is 44.5 Å². The predicted molar refractivity (Wildman–Crippen MR) is 96.1 cm³/mol. The first-order chi connectivity index (χ1) is 11.8. The largest absolute Gasteiger partial charge is 0.464 e. The summed E-state index contributed by atoms with van der Waals surface area (Å²) in [5, 5.41) is 5.29. The van der Waals surface area contributed by atoms with Crippen LogP contribution in [0.25, 0.3) is 0 Å². The Balaban J connectivity index is 2.65. The van der Waals surface area contributed by atoms with Crippen LogP contribution < -0.4 is 16.4 Å². The van der Waals surface area contributed by atoms with Gasteiger partial charge < -0.3 is 21.1 Å². The standard InChI is InChI=1S/C18H27N3O4/c1-5-11(3)15(19)17(23)21-14-9-7-13(8-10-14)16(22)20-12(4)18(24)25-6-2/h7-12,15H,5-6,19H2,1-4H3,(H,20,22)(H,21,23). The minimum atomic E-state index is -0.736. The predicted octanol–water partition coefficient (Wildman–Crippen LogP) is 1.68. The van der Waals surface area contributed by atoms with Gasteiger partial charge in [-0.25, -0.2) is 4.79 Å². The molecule has 0 saturated heterocycles. The van der Waals surface area contributed by atoms with Crippen molar-refractivity contribution >= 4 is 23.5 Å². The Labute approximate surface area is 148 Å². The number of anilines is 1. The van der Waals surface area contributed by atoms with Gasteiger partial charge in [-0.3, -0.25) is 9.59 Å². The third-order valence-electron chi connectivity index (χ3n) is 3.96. The summed E-state index contributed by atoms with van der Waals surface area (Å²) in [6.45, 7) is 7.41. The molecule has 0 bridgehead atoms. The van der Waals surface area contributed by atoms with Gasteiger partial charge in [0.2, 0.25) is 5.91 Å². The monoisotopic (exact) mass is 349 g/mol. The van der Waals surface area contributed by atoms with Gasteiger partial charge in [0.25, 0.3) is 5.91 Å². The summed E-state index contributed by atoms with van der Waals surface area (Å²) >= 11 is 0. The Morgan fingerprint density at radius 2 is 1.72 bits per heavy atom. The molecule has 138 valence electrons. The summed E-state index contributed by atoms with van der Waals surface area (Å²) in [4.78, 5) is 35.7. The highest BCUT2D eigenvalue weighted by molar-refractivity contribution is 5.98. The van der Waals surface area contributed by atoms with Gasteiger partial charge in [-0.15, -0.1) is 0 Å². The van der Waals surface area contributed by atoms with E-state index in [1.54, 1.807) is 38.1 Å². The van der Waals surface area contributed by atoms with Gasteiger partial charge in [0.15, 0.2) is 0 Å². The quantitative estimate of drug-likeness (QED) is 0.619. The van der Waals surface area contributed by atoms with Crippen LogP contribution in [-0.2, 0) is 14.3 Å². The van der Waals surface area contributed by atoms with Crippen LogP contribution in [0.5, 0.6) is 0 Å². The maximum atomic E-state index is 12.1. The van der Waals surface area contributed by atoms with Gasteiger partial charge in [0.05, 0.1) is 12.6 Å². The third-order valence-corrected chi connectivity index (χ3v) is 3.96. The number of nitrogens with one attached hydrogen (secondary N) is 2. The number of esters is 1. The van der Waals surface area contributed by atoms with Crippen molar-refractivity contribution < 1.29 is 19.1 Å². The van der Waals surface area contributed by atoms with E-state index in [4.69, 9.17) is 10.5 Å². The van der Waals surface area contributed by atoms with Crippen molar-refractivity contribution in [1.29, 1.82) is 0 Å². The smallest absolute Gasteiger partial charge is 0.328 e. The fraction of sp³-hybridized carbons (Fsp3) is 0.500. The number of rotatable bonds is 8. The van der Waals surface area contributed by atoms with E-state index in [0.29, 0.717) is 11.3 Å². The Hall–Kier alpha value is -2.41. The molecule has 0 aliphatic rings.